The summed E-state index contributed by atoms with van der Waals surface area (Å²) in [4.78, 5) is 12.1. The lowest BCUT2D eigenvalue weighted by molar-refractivity contribution is 0.102. The average Bonchev–Trinajstić information content (AvgIpc) is 2.70. The molecular formula is C20H14N2O4S. The molecule has 0 aliphatic carbocycles. The van der Waals surface area contributed by atoms with E-state index in [4.69, 9.17) is 9.44 Å². The number of amides is 1. The summed E-state index contributed by atoms with van der Waals surface area (Å²) < 4.78 is 29.6. The molecule has 0 aromatic heterocycles. The Morgan fingerprint density at radius 3 is 2.11 bits per heavy atom. The summed E-state index contributed by atoms with van der Waals surface area (Å²) in [5.41, 5.74) is 1.38. The summed E-state index contributed by atoms with van der Waals surface area (Å²) in [6, 6.07) is 22.0. The molecule has 0 spiro atoms. The second-order valence-corrected chi connectivity index (χ2v) is 7.06. The van der Waals surface area contributed by atoms with E-state index in [0.29, 0.717) is 16.8 Å². The van der Waals surface area contributed by atoms with Crippen molar-refractivity contribution >= 4 is 21.7 Å². The zero-order chi connectivity index (χ0) is 19.3. The van der Waals surface area contributed by atoms with Crippen molar-refractivity contribution in [2.45, 2.75) is 4.90 Å². The van der Waals surface area contributed by atoms with Gasteiger partial charge in [-0.2, -0.15) is 13.7 Å². The van der Waals surface area contributed by atoms with Crippen LogP contribution in [0.5, 0.6) is 5.75 Å². The Bertz CT molecular complexity index is 1090. The molecule has 134 valence electrons. The highest BCUT2D eigenvalue weighted by Gasteiger charge is 2.16. The smallest absolute Gasteiger partial charge is 0.339 e. The highest BCUT2D eigenvalue weighted by Crippen LogP contribution is 2.21. The van der Waals surface area contributed by atoms with Crippen molar-refractivity contribution in [1.82, 2.24) is 0 Å². The van der Waals surface area contributed by atoms with Gasteiger partial charge in [0, 0.05) is 11.3 Å². The Balaban J connectivity index is 1.70. The van der Waals surface area contributed by atoms with Crippen LogP contribution in [0.4, 0.5) is 5.69 Å². The van der Waals surface area contributed by atoms with Gasteiger partial charge in [-0.3, -0.25) is 4.79 Å². The molecule has 0 saturated heterocycles. The zero-order valence-corrected chi connectivity index (χ0v) is 14.8. The molecule has 0 fully saturated rings. The quantitative estimate of drug-likeness (QED) is 0.685. The summed E-state index contributed by atoms with van der Waals surface area (Å²) >= 11 is 0. The van der Waals surface area contributed by atoms with E-state index in [1.807, 2.05) is 12.1 Å². The van der Waals surface area contributed by atoms with Crippen molar-refractivity contribution in [2.75, 3.05) is 5.32 Å². The third-order valence-electron chi connectivity index (χ3n) is 3.63. The van der Waals surface area contributed by atoms with E-state index in [2.05, 4.69) is 5.32 Å². The Kier molecular flexibility index (Phi) is 5.20. The van der Waals surface area contributed by atoms with Crippen molar-refractivity contribution < 1.29 is 17.4 Å². The van der Waals surface area contributed by atoms with Crippen LogP contribution < -0.4 is 9.50 Å². The Morgan fingerprint density at radius 1 is 0.889 bits per heavy atom. The molecule has 0 aliphatic rings. The number of carbonyl (C=O) groups excluding carboxylic acids is 1. The van der Waals surface area contributed by atoms with Crippen LogP contribution >= 0.6 is 0 Å². The topological polar surface area (TPSA) is 96.3 Å². The molecule has 6 nitrogen and oxygen atoms in total. The lowest BCUT2D eigenvalue weighted by atomic mass is 10.2. The zero-order valence-electron chi connectivity index (χ0n) is 14.0. The largest absolute Gasteiger partial charge is 0.379 e. The number of nitrogens with zero attached hydrogens (tertiary/aromatic N) is 1. The SMILES string of the molecule is N#Cc1ccc(S(=O)(=O)Oc2ccc(NC(=O)c3ccccc3)cc2)cc1. The maximum absolute atomic E-state index is 12.3. The van der Waals surface area contributed by atoms with Gasteiger partial charge in [0.05, 0.1) is 11.6 Å². The van der Waals surface area contributed by atoms with Crippen molar-refractivity contribution in [3.8, 4) is 11.8 Å². The maximum Gasteiger partial charge on any atom is 0.339 e. The van der Waals surface area contributed by atoms with Crippen LogP contribution in [0, 0.1) is 11.3 Å². The number of anilines is 1. The number of rotatable bonds is 5. The summed E-state index contributed by atoms with van der Waals surface area (Å²) in [6.07, 6.45) is 0. The van der Waals surface area contributed by atoms with Crippen LogP contribution in [0.3, 0.4) is 0 Å². The first kappa shape index (κ1) is 18.2. The normalized spacial score (nSPS) is 10.6. The molecule has 27 heavy (non-hydrogen) atoms. The van der Waals surface area contributed by atoms with E-state index < -0.39 is 10.1 Å². The van der Waals surface area contributed by atoms with Gasteiger partial charge in [0.25, 0.3) is 5.91 Å². The van der Waals surface area contributed by atoms with Crippen LogP contribution in [-0.2, 0) is 10.1 Å². The molecule has 0 unspecified atom stereocenters. The highest BCUT2D eigenvalue weighted by molar-refractivity contribution is 7.87. The molecule has 7 heteroatoms. The minimum atomic E-state index is -4.01. The van der Waals surface area contributed by atoms with Gasteiger partial charge in [0.2, 0.25) is 0 Å². The molecule has 0 radical (unpaired) electrons. The first-order chi connectivity index (χ1) is 13.0. The Labute approximate surface area is 156 Å². The minimum Gasteiger partial charge on any atom is -0.379 e. The van der Waals surface area contributed by atoms with Crippen LogP contribution in [-0.4, -0.2) is 14.3 Å². The molecule has 1 N–H and O–H groups in total. The van der Waals surface area contributed by atoms with Crippen LogP contribution in [0.1, 0.15) is 15.9 Å². The number of benzene rings is 3. The van der Waals surface area contributed by atoms with E-state index in [0.717, 1.165) is 0 Å². The second kappa shape index (κ2) is 7.72. The monoisotopic (exact) mass is 378 g/mol. The highest BCUT2D eigenvalue weighted by atomic mass is 32.2. The predicted molar refractivity (Wildman–Crippen MR) is 99.8 cm³/mol. The van der Waals surface area contributed by atoms with E-state index in [1.54, 1.807) is 36.4 Å². The molecule has 0 atom stereocenters. The molecule has 0 bridgehead atoms. The lowest BCUT2D eigenvalue weighted by Crippen LogP contribution is -2.12. The van der Waals surface area contributed by atoms with Gasteiger partial charge in [-0.25, -0.2) is 0 Å². The van der Waals surface area contributed by atoms with Gasteiger partial charge in [-0.15, -0.1) is 0 Å². The van der Waals surface area contributed by atoms with Gasteiger partial charge in [0.15, 0.2) is 0 Å². The molecule has 0 saturated carbocycles. The molecule has 3 aromatic carbocycles. The molecule has 1 amide bonds. The predicted octanol–water partition coefficient (Wildman–Crippen LogP) is 3.58. The van der Waals surface area contributed by atoms with Crippen molar-refractivity contribution in [1.29, 1.82) is 5.26 Å². The van der Waals surface area contributed by atoms with Gasteiger partial charge in [0.1, 0.15) is 10.6 Å². The molecule has 0 heterocycles. The van der Waals surface area contributed by atoms with Crippen molar-refractivity contribution in [2.24, 2.45) is 0 Å². The average molecular weight is 378 g/mol. The standard InChI is InChI=1S/C20H14N2O4S/c21-14-15-6-12-19(13-7-15)27(24,25)26-18-10-8-17(9-11-18)22-20(23)16-4-2-1-3-5-16/h1-13H,(H,22,23). The van der Waals surface area contributed by atoms with E-state index in [1.165, 1.54) is 36.4 Å². The number of hydrogen-bond acceptors (Lipinski definition) is 5. The fourth-order valence-corrected chi connectivity index (χ4v) is 3.19. The molecule has 3 rings (SSSR count). The van der Waals surface area contributed by atoms with E-state index >= 15 is 0 Å². The fourth-order valence-electron chi connectivity index (χ4n) is 2.26. The van der Waals surface area contributed by atoms with Gasteiger partial charge in [-0.1, -0.05) is 18.2 Å². The Hall–Kier alpha value is -3.63. The minimum absolute atomic E-state index is 0.0528. The first-order valence-corrected chi connectivity index (χ1v) is 9.30. The van der Waals surface area contributed by atoms with Crippen LogP contribution in [0.15, 0.2) is 83.8 Å². The summed E-state index contributed by atoms with van der Waals surface area (Å²) in [7, 11) is -4.01. The van der Waals surface area contributed by atoms with Gasteiger partial charge >= 0.3 is 10.1 Å². The summed E-state index contributed by atoms with van der Waals surface area (Å²) in [6.45, 7) is 0. The number of carbonyl (C=O) groups is 1. The summed E-state index contributed by atoms with van der Waals surface area (Å²) in [5.74, 6) is -0.161. The maximum atomic E-state index is 12.3. The number of nitrogens with one attached hydrogen (secondary N) is 1. The molecule has 0 aliphatic heterocycles. The molecular weight excluding hydrogens is 364 g/mol. The summed E-state index contributed by atoms with van der Waals surface area (Å²) in [5, 5.41) is 11.5. The number of nitriles is 1. The third-order valence-corrected chi connectivity index (χ3v) is 4.89. The third kappa shape index (κ3) is 4.51. The van der Waals surface area contributed by atoms with Crippen LogP contribution in [0.25, 0.3) is 0 Å². The number of hydrogen-bond donors (Lipinski definition) is 1. The fraction of sp³-hybridized carbons (Fsp3) is 0. The molecule has 3 aromatic rings. The van der Waals surface area contributed by atoms with Crippen LogP contribution in [0.2, 0.25) is 0 Å². The second-order valence-electron chi connectivity index (χ2n) is 5.52. The Morgan fingerprint density at radius 2 is 1.52 bits per heavy atom. The van der Waals surface area contributed by atoms with Gasteiger partial charge < -0.3 is 9.50 Å². The van der Waals surface area contributed by atoms with Crippen molar-refractivity contribution in [3.63, 3.8) is 0 Å². The van der Waals surface area contributed by atoms with E-state index in [-0.39, 0.29) is 16.6 Å². The lowest BCUT2D eigenvalue weighted by Gasteiger charge is -2.09. The van der Waals surface area contributed by atoms with Crippen molar-refractivity contribution in [3.05, 3.63) is 90.0 Å². The van der Waals surface area contributed by atoms with Gasteiger partial charge in [-0.05, 0) is 60.7 Å². The van der Waals surface area contributed by atoms with E-state index in [9.17, 15) is 13.2 Å². The first-order valence-electron chi connectivity index (χ1n) is 7.89.